The normalized spacial score (nSPS) is 16.8. The van der Waals surface area contributed by atoms with Crippen molar-refractivity contribution in [3.05, 3.63) is 70.0 Å². The molecule has 0 N–H and O–H groups in total. The molecule has 148 valence electrons. The van der Waals surface area contributed by atoms with Crippen LogP contribution in [0.1, 0.15) is 44.9 Å². The van der Waals surface area contributed by atoms with Crippen LogP contribution in [0.3, 0.4) is 0 Å². The first kappa shape index (κ1) is 19.5. The molecular formula is C23H22ClN3O2. The number of halogens is 1. The number of aryl methyl sites for hydroxylation is 2. The number of hydrogen-bond donors (Lipinski definition) is 0. The van der Waals surface area contributed by atoms with Gasteiger partial charge < -0.3 is 4.90 Å². The Balaban J connectivity index is 1.54. The number of amides is 1. The number of nitrogens with zero attached hydrogens (tertiary/aromatic N) is 3. The molecule has 0 spiro atoms. The molecule has 1 aromatic heterocycles. The molecule has 29 heavy (non-hydrogen) atoms. The van der Waals surface area contributed by atoms with Crippen molar-refractivity contribution in [1.29, 1.82) is 0 Å². The Hall–Kier alpha value is -2.79. The summed E-state index contributed by atoms with van der Waals surface area (Å²) < 4.78 is 0. The maximum atomic E-state index is 13.1. The largest absolute Gasteiger partial charge is 0.338 e. The zero-order chi connectivity index (χ0) is 20.5. The lowest BCUT2D eigenvalue weighted by molar-refractivity contribution is 0.0637. The Kier molecular flexibility index (Phi) is 5.33. The van der Waals surface area contributed by atoms with Crippen LogP contribution < -0.4 is 0 Å². The lowest BCUT2D eigenvalue weighted by atomic mass is 9.89. The third-order valence-corrected chi connectivity index (χ3v) is 5.78. The van der Waals surface area contributed by atoms with E-state index in [1.165, 1.54) is 0 Å². The number of likely N-dealkylation sites (tertiary alicyclic amines) is 1. The SMILES string of the molecule is Cc1nc2ccc(C(=O)N3CCC[C@@H](C(=O)c4ccc(Cl)cc4)C3)cc2nc1C. The van der Waals surface area contributed by atoms with E-state index < -0.39 is 0 Å². The highest BCUT2D eigenvalue weighted by atomic mass is 35.5. The summed E-state index contributed by atoms with van der Waals surface area (Å²) in [5, 5.41) is 0.604. The quantitative estimate of drug-likeness (QED) is 0.593. The molecule has 1 amide bonds. The predicted octanol–water partition coefficient (Wildman–Crippen LogP) is 4.64. The summed E-state index contributed by atoms with van der Waals surface area (Å²) in [5.74, 6) is -0.200. The molecule has 6 heteroatoms. The fourth-order valence-corrected chi connectivity index (χ4v) is 3.90. The topological polar surface area (TPSA) is 63.2 Å². The summed E-state index contributed by atoms with van der Waals surface area (Å²) in [5.41, 5.74) is 4.45. The summed E-state index contributed by atoms with van der Waals surface area (Å²) in [6.07, 6.45) is 1.59. The zero-order valence-corrected chi connectivity index (χ0v) is 17.2. The number of hydrogen-bond acceptors (Lipinski definition) is 4. The molecule has 2 aromatic carbocycles. The summed E-state index contributed by atoms with van der Waals surface area (Å²) in [6.45, 7) is 4.91. The average Bonchev–Trinajstić information content (AvgIpc) is 2.74. The van der Waals surface area contributed by atoms with Gasteiger partial charge in [0.25, 0.3) is 5.91 Å². The second-order valence-electron chi connectivity index (χ2n) is 7.56. The van der Waals surface area contributed by atoms with Crippen LogP contribution >= 0.6 is 11.6 Å². The van der Waals surface area contributed by atoms with Gasteiger partial charge in [-0.3, -0.25) is 9.59 Å². The van der Waals surface area contributed by atoms with Gasteiger partial charge in [0, 0.05) is 35.2 Å². The van der Waals surface area contributed by atoms with Gasteiger partial charge in [0.05, 0.1) is 22.4 Å². The first-order valence-electron chi connectivity index (χ1n) is 9.76. The summed E-state index contributed by atoms with van der Waals surface area (Å²) in [6, 6.07) is 12.4. The van der Waals surface area contributed by atoms with Crippen LogP contribution in [0.2, 0.25) is 5.02 Å². The minimum atomic E-state index is -0.195. The summed E-state index contributed by atoms with van der Waals surface area (Å²) >= 11 is 5.92. The number of Topliss-reactive ketones (excluding diaryl/α,β-unsaturated/α-hetero) is 1. The van der Waals surface area contributed by atoms with Crippen molar-refractivity contribution in [2.24, 2.45) is 5.92 Å². The second-order valence-corrected chi connectivity index (χ2v) is 8.00. The van der Waals surface area contributed by atoms with Crippen molar-refractivity contribution >= 4 is 34.3 Å². The molecule has 1 atom stereocenters. The Labute approximate surface area is 174 Å². The van der Waals surface area contributed by atoms with Gasteiger partial charge in [0.15, 0.2) is 5.78 Å². The van der Waals surface area contributed by atoms with Crippen molar-refractivity contribution in [3.63, 3.8) is 0 Å². The van der Waals surface area contributed by atoms with E-state index in [-0.39, 0.29) is 17.6 Å². The molecule has 3 aromatic rings. The smallest absolute Gasteiger partial charge is 0.253 e. The third-order valence-electron chi connectivity index (χ3n) is 5.53. The monoisotopic (exact) mass is 407 g/mol. The second kappa shape index (κ2) is 7.91. The van der Waals surface area contributed by atoms with E-state index in [4.69, 9.17) is 11.6 Å². The first-order valence-corrected chi connectivity index (χ1v) is 10.1. The average molecular weight is 408 g/mol. The number of aromatic nitrogens is 2. The van der Waals surface area contributed by atoms with Crippen LogP contribution in [0, 0.1) is 19.8 Å². The van der Waals surface area contributed by atoms with Gasteiger partial charge in [-0.25, -0.2) is 9.97 Å². The van der Waals surface area contributed by atoms with Crippen molar-refractivity contribution in [2.45, 2.75) is 26.7 Å². The van der Waals surface area contributed by atoms with Crippen LogP contribution in [0.4, 0.5) is 0 Å². The Morgan fingerprint density at radius 2 is 1.62 bits per heavy atom. The number of piperidine rings is 1. The Bertz CT molecular complexity index is 1100. The lowest BCUT2D eigenvalue weighted by Crippen LogP contribution is -2.42. The molecular weight excluding hydrogens is 386 g/mol. The number of carbonyl (C=O) groups excluding carboxylic acids is 2. The first-order chi connectivity index (χ1) is 13.9. The molecule has 4 rings (SSSR count). The summed E-state index contributed by atoms with van der Waals surface area (Å²) in [4.78, 5) is 36.8. The van der Waals surface area contributed by atoms with Crippen molar-refractivity contribution in [1.82, 2.24) is 14.9 Å². The molecule has 0 unspecified atom stereocenters. The fraction of sp³-hybridized carbons (Fsp3) is 0.304. The van der Waals surface area contributed by atoms with E-state index in [1.54, 1.807) is 41.3 Å². The van der Waals surface area contributed by atoms with E-state index in [0.29, 0.717) is 34.8 Å². The standard InChI is InChI=1S/C23H22ClN3O2/c1-14-15(2)26-21-12-17(7-10-20(21)25-14)23(29)27-11-3-4-18(13-27)22(28)16-5-8-19(24)9-6-16/h5-10,12,18H,3-4,11,13H2,1-2H3/t18-/m1/s1. The Morgan fingerprint density at radius 3 is 2.34 bits per heavy atom. The molecule has 0 radical (unpaired) electrons. The minimum absolute atomic E-state index is 0.0645. The fourth-order valence-electron chi connectivity index (χ4n) is 3.77. The maximum Gasteiger partial charge on any atom is 0.253 e. The van der Waals surface area contributed by atoms with E-state index in [9.17, 15) is 9.59 Å². The predicted molar refractivity (Wildman–Crippen MR) is 113 cm³/mol. The van der Waals surface area contributed by atoms with E-state index in [0.717, 1.165) is 29.7 Å². The van der Waals surface area contributed by atoms with Crippen LogP contribution in [-0.4, -0.2) is 39.6 Å². The molecule has 0 bridgehead atoms. The number of ketones is 1. The van der Waals surface area contributed by atoms with Gasteiger partial charge in [-0.15, -0.1) is 0 Å². The van der Waals surface area contributed by atoms with Gasteiger partial charge in [-0.2, -0.15) is 0 Å². The number of rotatable bonds is 3. The highest BCUT2D eigenvalue weighted by molar-refractivity contribution is 6.30. The molecule has 1 aliphatic heterocycles. The molecule has 0 saturated carbocycles. The molecule has 2 heterocycles. The highest BCUT2D eigenvalue weighted by Crippen LogP contribution is 2.24. The van der Waals surface area contributed by atoms with Crippen LogP contribution in [-0.2, 0) is 0 Å². The maximum absolute atomic E-state index is 13.1. The Morgan fingerprint density at radius 1 is 0.966 bits per heavy atom. The number of carbonyl (C=O) groups is 2. The van der Waals surface area contributed by atoms with E-state index in [1.807, 2.05) is 19.9 Å². The zero-order valence-electron chi connectivity index (χ0n) is 16.5. The van der Waals surface area contributed by atoms with Gasteiger partial charge in [-0.05, 0) is 69.2 Å². The van der Waals surface area contributed by atoms with Crippen LogP contribution in [0.5, 0.6) is 0 Å². The molecule has 1 saturated heterocycles. The van der Waals surface area contributed by atoms with Crippen molar-refractivity contribution in [2.75, 3.05) is 13.1 Å². The van der Waals surface area contributed by atoms with Crippen LogP contribution in [0.15, 0.2) is 42.5 Å². The number of fused-ring (bicyclic) bond motifs is 1. The summed E-state index contributed by atoms with van der Waals surface area (Å²) in [7, 11) is 0. The van der Waals surface area contributed by atoms with E-state index in [2.05, 4.69) is 9.97 Å². The van der Waals surface area contributed by atoms with Gasteiger partial charge in [0.1, 0.15) is 0 Å². The highest BCUT2D eigenvalue weighted by Gasteiger charge is 2.29. The molecule has 0 aliphatic carbocycles. The van der Waals surface area contributed by atoms with Gasteiger partial charge >= 0.3 is 0 Å². The minimum Gasteiger partial charge on any atom is -0.338 e. The van der Waals surface area contributed by atoms with E-state index >= 15 is 0 Å². The molecule has 1 fully saturated rings. The van der Waals surface area contributed by atoms with Crippen LogP contribution in [0.25, 0.3) is 11.0 Å². The van der Waals surface area contributed by atoms with Gasteiger partial charge in [0.2, 0.25) is 0 Å². The molecule has 5 nitrogen and oxygen atoms in total. The third kappa shape index (κ3) is 4.01. The lowest BCUT2D eigenvalue weighted by Gasteiger charge is -2.32. The van der Waals surface area contributed by atoms with Crippen molar-refractivity contribution < 1.29 is 9.59 Å². The van der Waals surface area contributed by atoms with Crippen molar-refractivity contribution in [3.8, 4) is 0 Å². The number of benzene rings is 2. The van der Waals surface area contributed by atoms with Gasteiger partial charge in [-0.1, -0.05) is 11.6 Å². The molecule has 1 aliphatic rings.